The quantitative estimate of drug-likeness (QED) is 0.406. The van der Waals surface area contributed by atoms with Gasteiger partial charge in [0.05, 0.1) is 21.2 Å². The number of rotatable bonds is 6. The standard InChI is InChI=1S/C22H21N5O5S2/c28-22(15-3-9-18(10-4-15)34(31,32)25-11-1-2-12-25)23-21-19-13-33-14-20(19)24-26(21)16-5-7-17(8-6-16)27(29)30/h3-10H,1-2,11-14H2,(H,23,28). The first-order valence-corrected chi connectivity index (χ1v) is 13.3. The Morgan fingerprint density at radius 2 is 1.71 bits per heavy atom. The largest absolute Gasteiger partial charge is 0.306 e. The Morgan fingerprint density at radius 3 is 2.35 bits per heavy atom. The normalized spacial score (nSPS) is 15.9. The van der Waals surface area contributed by atoms with Crippen LogP contribution in [0, 0.1) is 10.1 Å². The number of benzene rings is 2. The van der Waals surface area contributed by atoms with E-state index in [1.165, 1.54) is 40.7 Å². The molecule has 1 aromatic heterocycles. The van der Waals surface area contributed by atoms with Crippen molar-refractivity contribution in [1.82, 2.24) is 14.1 Å². The van der Waals surface area contributed by atoms with Gasteiger partial charge in [-0.25, -0.2) is 13.1 Å². The van der Waals surface area contributed by atoms with E-state index in [1.807, 2.05) is 0 Å². The second-order valence-corrected chi connectivity index (χ2v) is 11.0. The molecule has 2 aliphatic rings. The minimum absolute atomic E-state index is 0.0337. The summed E-state index contributed by atoms with van der Waals surface area (Å²) in [6, 6.07) is 11.9. The van der Waals surface area contributed by atoms with E-state index >= 15 is 0 Å². The molecule has 0 bridgehead atoms. The molecule has 2 aliphatic heterocycles. The first-order valence-electron chi connectivity index (χ1n) is 10.7. The number of sulfonamides is 1. The van der Waals surface area contributed by atoms with Gasteiger partial charge in [0, 0.05) is 47.9 Å². The Kier molecular flexibility index (Phi) is 5.88. The molecule has 0 unspecified atom stereocenters. The van der Waals surface area contributed by atoms with E-state index in [-0.39, 0.29) is 10.6 Å². The van der Waals surface area contributed by atoms with Gasteiger partial charge >= 0.3 is 0 Å². The second kappa shape index (κ2) is 8.85. The zero-order chi connectivity index (χ0) is 23.9. The lowest BCUT2D eigenvalue weighted by Crippen LogP contribution is -2.27. The lowest BCUT2D eigenvalue weighted by atomic mass is 10.2. The molecule has 2 aromatic carbocycles. The molecule has 34 heavy (non-hydrogen) atoms. The zero-order valence-electron chi connectivity index (χ0n) is 18.0. The van der Waals surface area contributed by atoms with Gasteiger partial charge in [-0.1, -0.05) is 0 Å². The minimum Gasteiger partial charge on any atom is -0.306 e. The van der Waals surface area contributed by atoms with Crippen molar-refractivity contribution in [1.29, 1.82) is 0 Å². The molecule has 0 atom stereocenters. The van der Waals surface area contributed by atoms with Crippen LogP contribution in [0.1, 0.15) is 34.5 Å². The van der Waals surface area contributed by atoms with Gasteiger partial charge in [-0.2, -0.15) is 21.2 Å². The molecule has 0 aliphatic carbocycles. The highest BCUT2D eigenvalue weighted by atomic mass is 32.2. The van der Waals surface area contributed by atoms with Crippen LogP contribution in [0.5, 0.6) is 0 Å². The van der Waals surface area contributed by atoms with Gasteiger partial charge in [0.25, 0.3) is 11.6 Å². The maximum atomic E-state index is 13.0. The van der Waals surface area contributed by atoms with Crippen molar-refractivity contribution in [2.75, 3.05) is 18.4 Å². The van der Waals surface area contributed by atoms with E-state index in [1.54, 1.807) is 28.6 Å². The lowest BCUT2D eigenvalue weighted by Gasteiger charge is -2.15. The van der Waals surface area contributed by atoms with Gasteiger partial charge in [-0.3, -0.25) is 14.9 Å². The average molecular weight is 500 g/mol. The number of nitrogens with one attached hydrogen (secondary N) is 1. The summed E-state index contributed by atoms with van der Waals surface area (Å²) in [4.78, 5) is 23.7. The maximum Gasteiger partial charge on any atom is 0.269 e. The number of thioether (sulfide) groups is 1. The molecule has 176 valence electrons. The number of fused-ring (bicyclic) bond motifs is 1. The number of non-ortho nitro benzene ring substituents is 1. The Morgan fingerprint density at radius 1 is 1.03 bits per heavy atom. The molecule has 1 N–H and O–H groups in total. The van der Waals surface area contributed by atoms with Crippen LogP contribution in [0.2, 0.25) is 0 Å². The molecule has 0 radical (unpaired) electrons. The van der Waals surface area contributed by atoms with E-state index in [4.69, 9.17) is 0 Å². The Hall–Kier alpha value is -3.22. The number of carbonyl (C=O) groups excluding carboxylic acids is 1. The van der Waals surface area contributed by atoms with Gasteiger partial charge in [0.2, 0.25) is 10.0 Å². The molecule has 5 rings (SSSR count). The monoisotopic (exact) mass is 499 g/mol. The van der Waals surface area contributed by atoms with E-state index in [0.29, 0.717) is 41.7 Å². The van der Waals surface area contributed by atoms with Crippen LogP contribution in [-0.2, 0) is 21.5 Å². The number of hydrogen-bond acceptors (Lipinski definition) is 7. The average Bonchev–Trinajstić information content (AvgIpc) is 3.59. The van der Waals surface area contributed by atoms with Crippen LogP contribution < -0.4 is 5.32 Å². The van der Waals surface area contributed by atoms with Crippen molar-refractivity contribution in [2.45, 2.75) is 29.2 Å². The van der Waals surface area contributed by atoms with Crippen molar-refractivity contribution in [3.63, 3.8) is 0 Å². The van der Waals surface area contributed by atoms with Gasteiger partial charge in [0.1, 0.15) is 5.82 Å². The number of hydrogen-bond donors (Lipinski definition) is 1. The maximum absolute atomic E-state index is 13.0. The zero-order valence-corrected chi connectivity index (χ0v) is 19.6. The van der Waals surface area contributed by atoms with Crippen LogP contribution in [0.3, 0.4) is 0 Å². The minimum atomic E-state index is -3.55. The molecule has 0 saturated carbocycles. The number of nitrogens with zero attached hydrogens (tertiary/aromatic N) is 4. The highest BCUT2D eigenvalue weighted by molar-refractivity contribution is 7.98. The van der Waals surface area contributed by atoms with Crippen molar-refractivity contribution in [3.8, 4) is 5.69 Å². The third-order valence-electron chi connectivity index (χ3n) is 5.91. The summed E-state index contributed by atoms with van der Waals surface area (Å²) in [5.74, 6) is 1.51. The first-order chi connectivity index (χ1) is 16.3. The molecular formula is C22H21N5O5S2. The number of anilines is 1. The molecule has 1 fully saturated rings. The summed E-state index contributed by atoms with van der Waals surface area (Å²) < 4.78 is 28.5. The predicted molar refractivity (Wildman–Crippen MR) is 128 cm³/mol. The van der Waals surface area contributed by atoms with Crippen molar-refractivity contribution >= 4 is 39.2 Å². The SMILES string of the molecule is O=C(Nc1c2c(nn1-c1ccc([N+](=O)[O-])cc1)CSC2)c1ccc(S(=O)(=O)N2CCCC2)cc1. The van der Waals surface area contributed by atoms with Gasteiger partial charge in [-0.05, 0) is 49.2 Å². The Bertz CT molecular complexity index is 1360. The fourth-order valence-electron chi connectivity index (χ4n) is 4.08. The third-order valence-corrected chi connectivity index (χ3v) is 8.79. The molecule has 12 heteroatoms. The lowest BCUT2D eigenvalue weighted by molar-refractivity contribution is -0.384. The molecular weight excluding hydrogens is 478 g/mol. The molecule has 1 amide bonds. The second-order valence-electron chi connectivity index (χ2n) is 8.04. The van der Waals surface area contributed by atoms with Gasteiger partial charge in [-0.15, -0.1) is 0 Å². The fraction of sp³-hybridized carbons (Fsp3) is 0.273. The smallest absolute Gasteiger partial charge is 0.269 e. The number of aromatic nitrogens is 2. The Labute approximate surface area is 200 Å². The van der Waals surface area contributed by atoms with Crippen LogP contribution in [-0.4, -0.2) is 46.4 Å². The highest BCUT2D eigenvalue weighted by Crippen LogP contribution is 2.36. The van der Waals surface area contributed by atoms with Crippen molar-refractivity contribution in [2.24, 2.45) is 0 Å². The van der Waals surface area contributed by atoms with Crippen LogP contribution in [0.4, 0.5) is 11.5 Å². The number of amides is 1. The summed E-state index contributed by atoms with van der Waals surface area (Å²) in [6.07, 6.45) is 1.70. The molecule has 1 saturated heterocycles. The first kappa shape index (κ1) is 22.6. The van der Waals surface area contributed by atoms with Gasteiger partial charge in [0.15, 0.2) is 0 Å². The number of carbonyl (C=O) groups is 1. The third kappa shape index (κ3) is 4.08. The summed E-state index contributed by atoms with van der Waals surface area (Å²) in [7, 11) is -3.55. The molecule has 3 aromatic rings. The van der Waals surface area contributed by atoms with E-state index in [2.05, 4.69) is 10.4 Å². The predicted octanol–water partition coefficient (Wildman–Crippen LogP) is 3.56. The summed E-state index contributed by atoms with van der Waals surface area (Å²) in [6.45, 7) is 1.03. The summed E-state index contributed by atoms with van der Waals surface area (Å²) in [5, 5.41) is 18.5. The molecule has 0 spiro atoms. The van der Waals surface area contributed by atoms with Crippen LogP contribution >= 0.6 is 11.8 Å². The Balaban J connectivity index is 1.41. The van der Waals surface area contributed by atoms with Crippen LogP contribution in [0.15, 0.2) is 53.4 Å². The van der Waals surface area contributed by atoms with Crippen LogP contribution in [0.25, 0.3) is 5.69 Å². The van der Waals surface area contributed by atoms with E-state index in [0.717, 1.165) is 24.1 Å². The summed E-state index contributed by atoms with van der Waals surface area (Å²) >= 11 is 1.69. The number of nitro groups is 1. The van der Waals surface area contributed by atoms with Crippen molar-refractivity contribution in [3.05, 3.63) is 75.5 Å². The van der Waals surface area contributed by atoms with E-state index < -0.39 is 20.9 Å². The summed E-state index contributed by atoms with van der Waals surface area (Å²) in [5.41, 5.74) is 2.63. The van der Waals surface area contributed by atoms with E-state index in [9.17, 15) is 23.3 Å². The van der Waals surface area contributed by atoms with Gasteiger partial charge < -0.3 is 5.32 Å². The fourth-order valence-corrected chi connectivity index (χ4v) is 6.63. The van der Waals surface area contributed by atoms with Crippen molar-refractivity contribution < 1.29 is 18.1 Å². The topological polar surface area (TPSA) is 127 Å². The number of nitro benzene ring substituents is 1. The molecule has 10 nitrogen and oxygen atoms in total. The highest BCUT2D eigenvalue weighted by Gasteiger charge is 2.28. The molecule has 3 heterocycles.